The third-order valence-electron chi connectivity index (χ3n) is 2.13. The van der Waals surface area contributed by atoms with Gasteiger partial charge in [-0.05, 0) is 6.92 Å². The molecule has 0 saturated carbocycles. The molecule has 1 saturated heterocycles. The van der Waals surface area contributed by atoms with E-state index in [4.69, 9.17) is 9.84 Å². The molecule has 5 nitrogen and oxygen atoms in total. The maximum absolute atomic E-state index is 9.23. The Bertz CT molecular complexity index is 146. The molecule has 0 aliphatic carbocycles. The highest BCUT2D eigenvalue weighted by molar-refractivity contribution is 4.89. The van der Waals surface area contributed by atoms with Crippen LogP contribution in [0.1, 0.15) is 6.92 Å². The van der Waals surface area contributed by atoms with Crippen LogP contribution in [0.25, 0.3) is 0 Å². The molecule has 0 spiro atoms. The largest absolute Gasteiger partial charge is 0.394 e. The predicted octanol–water partition coefficient (Wildman–Crippen LogP) is -2.15. The van der Waals surface area contributed by atoms with Crippen molar-refractivity contribution in [2.24, 2.45) is 0 Å². The lowest BCUT2D eigenvalue weighted by Gasteiger charge is -2.38. The summed E-state index contributed by atoms with van der Waals surface area (Å²) in [5.74, 6) is 0. The molecule has 5 atom stereocenters. The van der Waals surface area contributed by atoms with Gasteiger partial charge in [0.15, 0.2) is 0 Å². The Labute approximate surface area is 70.2 Å². The van der Waals surface area contributed by atoms with Crippen LogP contribution < -0.4 is 0 Å². The Morgan fingerprint density at radius 1 is 1.08 bits per heavy atom. The Morgan fingerprint density at radius 3 is 2.17 bits per heavy atom. The summed E-state index contributed by atoms with van der Waals surface area (Å²) in [6.07, 6.45) is -4.94. The number of hydrogen-bond acceptors (Lipinski definition) is 5. The first kappa shape index (κ1) is 9.88. The molecular weight excluding hydrogens is 164 g/mol. The van der Waals surface area contributed by atoms with Gasteiger partial charge in [0.25, 0.3) is 0 Å². The van der Waals surface area contributed by atoms with Gasteiger partial charge in [0.2, 0.25) is 0 Å². The van der Waals surface area contributed by atoms with E-state index < -0.39 is 30.5 Å². The van der Waals surface area contributed by atoms with Gasteiger partial charge in [-0.25, -0.2) is 0 Å². The van der Waals surface area contributed by atoms with E-state index in [1.807, 2.05) is 0 Å². The molecule has 0 amide bonds. The monoisotopic (exact) mass is 178 g/mol. The van der Waals surface area contributed by atoms with Crippen LogP contribution in [0.3, 0.4) is 0 Å². The second kappa shape index (κ2) is 3.68. The van der Waals surface area contributed by atoms with Crippen LogP contribution in [-0.4, -0.2) is 57.6 Å². The van der Waals surface area contributed by atoms with Gasteiger partial charge in [0.05, 0.1) is 12.7 Å². The van der Waals surface area contributed by atoms with E-state index in [-0.39, 0.29) is 6.61 Å². The number of rotatable bonds is 1. The van der Waals surface area contributed by atoms with Crippen molar-refractivity contribution in [3.8, 4) is 0 Å². The van der Waals surface area contributed by atoms with E-state index in [9.17, 15) is 15.3 Å². The molecule has 5 heteroatoms. The summed E-state index contributed by atoms with van der Waals surface area (Å²) in [7, 11) is 0. The van der Waals surface area contributed by atoms with Gasteiger partial charge in [-0.15, -0.1) is 0 Å². The highest BCUT2D eigenvalue weighted by Gasteiger charge is 2.41. The van der Waals surface area contributed by atoms with Gasteiger partial charge >= 0.3 is 0 Å². The lowest BCUT2D eigenvalue weighted by Crippen LogP contribution is -2.57. The van der Waals surface area contributed by atoms with Crippen LogP contribution in [0.15, 0.2) is 0 Å². The third kappa shape index (κ3) is 1.60. The van der Waals surface area contributed by atoms with Crippen molar-refractivity contribution in [1.29, 1.82) is 0 Å². The standard InChI is InChI=1S/C7H14O5/c1-3-5(9)7(11)6(10)4(2-8)12-3/h3-11H,2H2,1H3/t3-,4-,5-,6+,7-/m0/s1. The fourth-order valence-corrected chi connectivity index (χ4v) is 1.29. The third-order valence-corrected chi connectivity index (χ3v) is 2.13. The summed E-state index contributed by atoms with van der Waals surface area (Å²) >= 11 is 0. The van der Waals surface area contributed by atoms with Crippen LogP contribution in [-0.2, 0) is 4.74 Å². The van der Waals surface area contributed by atoms with Crippen LogP contribution in [0.5, 0.6) is 0 Å². The number of hydrogen-bond donors (Lipinski definition) is 4. The zero-order valence-corrected chi connectivity index (χ0v) is 6.79. The lowest BCUT2D eigenvalue weighted by molar-refractivity contribution is -0.224. The first-order valence-corrected chi connectivity index (χ1v) is 3.88. The molecule has 4 N–H and O–H groups in total. The lowest BCUT2D eigenvalue weighted by atomic mass is 9.96. The van der Waals surface area contributed by atoms with Gasteiger partial charge in [-0.2, -0.15) is 0 Å². The maximum atomic E-state index is 9.23. The quantitative estimate of drug-likeness (QED) is 0.367. The second-order valence-electron chi connectivity index (χ2n) is 3.03. The molecule has 0 unspecified atom stereocenters. The molecule has 0 aromatic carbocycles. The smallest absolute Gasteiger partial charge is 0.111 e. The minimum absolute atomic E-state index is 0.366. The number of aliphatic hydroxyl groups excluding tert-OH is 4. The van der Waals surface area contributed by atoms with E-state index in [0.29, 0.717) is 0 Å². The molecule has 1 rings (SSSR count). The van der Waals surface area contributed by atoms with Crippen molar-refractivity contribution in [3.05, 3.63) is 0 Å². The summed E-state index contributed by atoms with van der Waals surface area (Å²) < 4.78 is 5.02. The fraction of sp³-hybridized carbons (Fsp3) is 1.00. The molecule has 0 bridgehead atoms. The summed E-state index contributed by atoms with van der Waals surface area (Å²) in [6, 6.07) is 0. The minimum Gasteiger partial charge on any atom is -0.394 e. The molecule has 72 valence electrons. The van der Waals surface area contributed by atoms with Crippen molar-refractivity contribution < 1.29 is 25.2 Å². The van der Waals surface area contributed by atoms with E-state index in [1.165, 1.54) is 0 Å². The van der Waals surface area contributed by atoms with Gasteiger partial charge in [-0.3, -0.25) is 0 Å². The normalized spacial score (nSPS) is 49.2. The maximum Gasteiger partial charge on any atom is 0.111 e. The van der Waals surface area contributed by atoms with Crippen molar-refractivity contribution in [3.63, 3.8) is 0 Å². The second-order valence-corrected chi connectivity index (χ2v) is 3.03. The minimum atomic E-state index is -1.24. The van der Waals surface area contributed by atoms with Crippen LogP contribution >= 0.6 is 0 Å². The average Bonchev–Trinajstić information content (AvgIpc) is 2.08. The average molecular weight is 178 g/mol. The van der Waals surface area contributed by atoms with Gasteiger partial charge in [0.1, 0.15) is 24.4 Å². The number of aliphatic hydroxyl groups is 4. The molecule has 0 aromatic heterocycles. The summed E-state index contributed by atoms with van der Waals surface area (Å²) in [6.45, 7) is 1.21. The molecule has 1 aliphatic rings. The molecule has 1 fully saturated rings. The van der Waals surface area contributed by atoms with Crippen LogP contribution in [0, 0.1) is 0 Å². The highest BCUT2D eigenvalue weighted by atomic mass is 16.5. The Kier molecular flexibility index (Phi) is 3.03. The fourth-order valence-electron chi connectivity index (χ4n) is 1.29. The Hall–Kier alpha value is -0.200. The Morgan fingerprint density at radius 2 is 1.67 bits per heavy atom. The molecule has 1 aliphatic heterocycles. The summed E-state index contributed by atoms with van der Waals surface area (Å²) in [4.78, 5) is 0. The van der Waals surface area contributed by atoms with E-state index in [2.05, 4.69) is 0 Å². The highest BCUT2D eigenvalue weighted by Crippen LogP contribution is 2.20. The molecular formula is C7H14O5. The van der Waals surface area contributed by atoms with Crippen molar-refractivity contribution in [2.75, 3.05) is 6.61 Å². The van der Waals surface area contributed by atoms with Crippen molar-refractivity contribution in [1.82, 2.24) is 0 Å². The molecule has 12 heavy (non-hydrogen) atoms. The van der Waals surface area contributed by atoms with Crippen LogP contribution in [0.4, 0.5) is 0 Å². The van der Waals surface area contributed by atoms with Gasteiger partial charge in [0, 0.05) is 0 Å². The van der Waals surface area contributed by atoms with Gasteiger partial charge in [-0.1, -0.05) is 0 Å². The van der Waals surface area contributed by atoms with E-state index >= 15 is 0 Å². The molecule has 0 aromatic rings. The van der Waals surface area contributed by atoms with Crippen molar-refractivity contribution >= 4 is 0 Å². The SMILES string of the molecule is C[C@@H]1O[C@@H](CO)[C@@H](O)[C@@H](O)[C@H]1O. The van der Waals surface area contributed by atoms with Gasteiger partial charge < -0.3 is 25.2 Å². The van der Waals surface area contributed by atoms with Crippen LogP contribution in [0.2, 0.25) is 0 Å². The van der Waals surface area contributed by atoms with Crippen molar-refractivity contribution in [2.45, 2.75) is 37.4 Å². The zero-order valence-electron chi connectivity index (χ0n) is 6.79. The first-order chi connectivity index (χ1) is 5.57. The van der Waals surface area contributed by atoms with E-state index in [0.717, 1.165) is 0 Å². The predicted molar refractivity (Wildman–Crippen MR) is 39.4 cm³/mol. The summed E-state index contributed by atoms with van der Waals surface area (Å²) in [5, 5.41) is 36.4. The Balaban J connectivity index is 2.63. The topological polar surface area (TPSA) is 90.2 Å². The molecule has 0 radical (unpaired) electrons. The van der Waals surface area contributed by atoms with E-state index in [1.54, 1.807) is 6.92 Å². The molecule has 1 heterocycles. The zero-order chi connectivity index (χ0) is 9.30. The first-order valence-electron chi connectivity index (χ1n) is 3.88. The summed E-state index contributed by atoms with van der Waals surface area (Å²) in [5.41, 5.74) is 0. The number of ether oxygens (including phenoxy) is 1.